The number of nitrogens with one attached hydrogen (secondary N) is 1. The van der Waals surface area contributed by atoms with Gasteiger partial charge in [-0.05, 0) is 51.0 Å². The molecule has 1 atom stereocenters. The molecule has 0 fully saturated rings. The van der Waals surface area contributed by atoms with Gasteiger partial charge in [-0.25, -0.2) is 0 Å². The molecule has 0 bridgehead atoms. The highest BCUT2D eigenvalue weighted by Gasteiger charge is 2.07. The van der Waals surface area contributed by atoms with Crippen molar-refractivity contribution in [3.8, 4) is 0 Å². The first-order valence-electron chi connectivity index (χ1n) is 7.65. The zero-order chi connectivity index (χ0) is 13.9. The SMILES string of the molecule is CCNC(CC)CCCN(CC)Cc1ccccn1. The minimum atomic E-state index is 0.679. The smallest absolute Gasteiger partial charge is 0.0543 e. The summed E-state index contributed by atoms with van der Waals surface area (Å²) in [6.45, 7) is 11.0. The van der Waals surface area contributed by atoms with Crippen LogP contribution in [0, 0.1) is 0 Å². The normalized spacial score (nSPS) is 12.8. The number of pyridine rings is 1. The zero-order valence-electron chi connectivity index (χ0n) is 12.7. The van der Waals surface area contributed by atoms with Crippen LogP contribution in [0.25, 0.3) is 0 Å². The van der Waals surface area contributed by atoms with Gasteiger partial charge in [0, 0.05) is 18.8 Å². The monoisotopic (exact) mass is 263 g/mol. The van der Waals surface area contributed by atoms with Crippen LogP contribution in [0.15, 0.2) is 24.4 Å². The number of nitrogens with zero attached hydrogens (tertiary/aromatic N) is 2. The summed E-state index contributed by atoms with van der Waals surface area (Å²) in [6, 6.07) is 6.82. The molecular formula is C16H29N3. The van der Waals surface area contributed by atoms with E-state index in [1.165, 1.54) is 25.0 Å². The molecule has 0 aliphatic rings. The van der Waals surface area contributed by atoms with Crippen molar-refractivity contribution < 1.29 is 0 Å². The molecule has 0 radical (unpaired) electrons. The van der Waals surface area contributed by atoms with Crippen LogP contribution in [0.3, 0.4) is 0 Å². The second-order valence-electron chi connectivity index (χ2n) is 4.99. The molecule has 1 N–H and O–H groups in total. The predicted octanol–water partition coefficient (Wildman–Crippen LogP) is 3.07. The van der Waals surface area contributed by atoms with Crippen molar-refractivity contribution in [2.24, 2.45) is 0 Å². The van der Waals surface area contributed by atoms with Gasteiger partial charge in [0.05, 0.1) is 5.69 Å². The molecule has 0 aromatic carbocycles. The molecule has 0 spiro atoms. The van der Waals surface area contributed by atoms with Crippen LogP contribution < -0.4 is 5.32 Å². The lowest BCUT2D eigenvalue weighted by Gasteiger charge is -2.22. The highest BCUT2D eigenvalue weighted by Crippen LogP contribution is 2.06. The van der Waals surface area contributed by atoms with Gasteiger partial charge in [0.25, 0.3) is 0 Å². The van der Waals surface area contributed by atoms with E-state index >= 15 is 0 Å². The number of rotatable bonds is 10. The molecule has 1 heterocycles. The van der Waals surface area contributed by atoms with Crippen LogP contribution in [0.2, 0.25) is 0 Å². The fourth-order valence-corrected chi connectivity index (χ4v) is 2.37. The molecule has 3 nitrogen and oxygen atoms in total. The molecule has 0 amide bonds. The maximum Gasteiger partial charge on any atom is 0.0543 e. The number of hydrogen-bond acceptors (Lipinski definition) is 3. The summed E-state index contributed by atoms with van der Waals surface area (Å²) >= 11 is 0. The molecule has 1 rings (SSSR count). The largest absolute Gasteiger partial charge is 0.314 e. The van der Waals surface area contributed by atoms with E-state index in [1.807, 2.05) is 12.3 Å². The summed E-state index contributed by atoms with van der Waals surface area (Å²) in [6.07, 6.45) is 5.62. The van der Waals surface area contributed by atoms with Crippen molar-refractivity contribution in [3.05, 3.63) is 30.1 Å². The second-order valence-corrected chi connectivity index (χ2v) is 4.99. The molecule has 0 saturated carbocycles. The van der Waals surface area contributed by atoms with Crippen molar-refractivity contribution in [1.29, 1.82) is 0 Å². The average Bonchev–Trinajstić information content (AvgIpc) is 2.46. The molecule has 1 unspecified atom stereocenters. The van der Waals surface area contributed by atoms with E-state index in [9.17, 15) is 0 Å². The highest BCUT2D eigenvalue weighted by atomic mass is 15.1. The highest BCUT2D eigenvalue weighted by molar-refractivity contribution is 5.03. The lowest BCUT2D eigenvalue weighted by Crippen LogP contribution is -2.30. The van der Waals surface area contributed by atoms with Crippen LogP contribution >= 0.6 is 0 Å². The predicted molar refractivity (Wildman–Crippen MR) is 82.2 cm³/mol. The first-order valence-corrected chi connectivity index (χ1v) is 7.65. The quantitative estimate of drug-likeness (QED) is 0.703. The third-order valence-electron chi connectivity index (χ3n) is 3.57. The maximum absolute atomic E-state index is 4.40. The lowest BCUT2D eigenvalue weighted by molar-refractivity contribution is 0.264. The molecule has 0 aliphatic heterocycles. The molecule has 108 valence electrons. The Hall–Kier alpha value is -0.930. The molecule has 19 heavy (non-hydrogen) atoms. The summed E-state index contributed by atoms with van der Waals surface area (Å²) in [5.74, 6) is 0. The van der Waals surface area contributed by atoms with E-state index in [-0.39, 0.29) is 0 Å². The minimum Gasteiger partial charge on any atom is -0.314 e. The Balaban J connectivity index is 2.29. The van der Waals surface area contributed by atoms with E-state index < -0.39 is 0 Å². The van der Waals surface area contributed by atoms with Crippen LogP contribution in [0.4, 0.5) is 0 Å². The first kappa shape index (κ1) is 16.1. The fraction of sp³-hybridized carbons (Fsp3) is 0.688. The summed E-state index contributed by atoms with van der Waals surface area (Å²) in [5, 5.41) is 3.54. The minimum absolute atomic E-state index is 0.679. The maximum atomic E-state index is 4.40. The molecule has 1 aromatic heterocycles. The Labute approximate surface area is 118 Å². The Morgan fingerprint density at radius 1 is 1.26 bits per heavy atom. The Bertz CT molecular complexity index is 313. The fourth-order valence-electron chi connectivity index (χ4n) is 2.37. The lowest BCUT2D eigenvalue weighted by atomic mass is 10.1. The summed E-state index contributed by atoms with van der Waals surface area (Å²) in [4.78, 5) is 6.87. The van der Waals surface area contributed by atoms with E-state index in [0.29, 0.717) is 6.04 Å². The van der Waals surface area contributed by atoms with E-state index in [0.717, 1.165) is 26.2 Å². The molecule has 1 aromatic rings. The van der Waals surface area contributed by atoms with Gasteiger partial charge < -0.3 is 5.32 Å². The van der Waals surface area contributed by atoms with Crippen LogP contribution in [0.5, 0.6) is 0 Å². The van der Waals surface area contributed by atoms with Gasteiger partial charge in [-0.3, -0.25) is 9.88 Å². The van der Waals surface area contributed by atoms with Gasteiger partial charge in [0.2, 0.25) is 0 Å². The van der Waals surface area contributed by atoms with Gasteiger partial charge in [-0.1, -0.05) is 26.8 Å². The standard InChI is InChI=1S/C16H29N3/c1-4-15(17-5-2)11-9-13-19(6-3)14-16-10-7-8-12-18-16/h7-8,10,12,15,17H,4-6,9,11,13-14H2,1-3H3. The first-order chi connectivity index (χ1) is 9.30. The zero-order valence-corrected chi connectivity index (χ0v) is 12.7. The van der Waals surface area contributed by atoms with Gasteiger partial charge in [-0.2, -0.15) is 0 Å². The third-order valence-corrected chi connectivity index (χ3v) is 3.57. The summed E-state index contributed by atoms with van der Waals surface area (Å²) in [5.41, 5.74) is 1.17. The van der Waals surface area contributed by atoms with Crippen molar-refractivity contribution in [2.45, 2.75) is 52.6 Å². The molecule has 0 aliphatic carbocycles. The van der Waals surface area contributed by atoms with Crippen LogP contribution in [-0.4, -0.2) is 35.6 Å². The van der Waals surface area contributed by atoms with Crippen molar-refractivity contribution in [3.63, 3.8) is 0 Å². The van der Waals surface area contributed by atoms with E-state index in [4.69, 9.17) is 0 Å². The Morgan fingerprint density at radius 3 is 2.68 bits per heavy atom. The Morgan fingerprint density at radius 2 is 2.11 bits per heavy atom. The van der Waals surface area contributed by atoms with Gasteiger partial charge in [-0.15, -0.1) is 0 Å². The third kappa shape index (κ3) is 6.69. The summed E-state index contributed by atoms with van der Waals surface area (Å²) in [7, 11) is 0. The van der Waals surface area contributed by atoms with Crippen molar-refractivity contribution in [1.82, 2.24) is 15.2 Å². The topological polar surface area (TPSA) is 28.2 Å². The van der Waals surface area contributed by atoms with Gasteiger partial charge in [0.15, 0.2) is 0 Å². The molecule has 0 saturated heterocycles. The van der Waals surface area contributed by atoms with Crippen LogP contribution in [0.1, 0.15) is 45.7 Å². The van der Waals surface area contributed by atoms with Gasteiger partial charge in [0.1, 0.15) is 0 Å². The Kier molecular flexibility index (Phi) is 8.43. The van der Waals surface area contributed by atoms with Crippen LogP contribution in [-0.2, 0) is 6.54 Å². The molecular weight excluding hydrogens is 234 g/mol. The average molecular weight is 263 g/mol. The van der Waals surface area contributed by atoms with Crippen molar-refractivity contribution in [2.75, 3.05) is 19.6 Å². The van der Waals surface area contributed by atoms with E-state index in [1.54, 1.807) is 0 Å². The number of aromatic nitrogens is 1. The van der Waals surface area contributed by atoms with E-state index in [2.05, 4.69) is 48.1 Å². The van der Waals surface area contributed by atoms with Crippen molar-refractivity contribution >= 4 is 0 Å². The summed E-state index contributed by atoms with van der Waals surface area (Å²) < 4.78 is 0. The van der Waals surface area contributed by atoms with Gasteiger partial charge >= 0.3 is 0 Å². The molecule has 3 heteroatoms. The second kappa shape index (κ2) is 9.93. The number of hydrogen-bond donors (Lipinski definition) is 1.